The highest BCUT2D eigenvalue weighted by molar-refractivity contribution is 6.10. The summed E-state index contributed by atoms with van der Waals surface area (Å²) in [6.07, 6.45) is 1.69. The van der Waals surface area contributed by atoms with Gasteiger partial charge in [0.05, 0.1) is 0 Å². The number of carbonyl (C=O) groups excluding carboxylic acids is 3. The van der Waals surface area contributed by atoms with Gasteiger partial charge >= 0.3 is 0 Å². The summed E-state index contributed by atoms with van der Waals surface area (Å²) in [5.74, 6) is -0.690. The van der Waals surface area contributed by atoms with Crippen molar-refractivity contribution in [1.82, 2.24) is 9.78 Å². The Morgan fingerprint density at radius 1 is 0.667 bits per heavy atom. The van der Waals surface area contributed by atoms with E-state index in [0.717, 1.165) is 5.56 Å². The lowest BCUT2D eigenvalue weighted by Gasteiger charge is -2.08. The maximum absolute atomic E-state index is 12.8. The molecule has 2 N–H and O–H groups in total. The second-order valence-corrected chi connectivity index (χ2v) is 7.63. The van der Waals surface area contributed by atoms with Gasteiger partial charge in [0.2, 0.25) is 0 Å². The molecule has 0 saturated heterocycles. The molecule has 0 aliphatic carbocycles. The first kappa shape index (κ1) is 21.7. The normalized spacial score (nSPS) is 10.5. The number of rotatable bonds is 6. The van der Waals surface area contributed by atoms with Crippen molar-refractivity contribution in [3.05, 3.63) is 113 Å². The summed E-state index contributed by atoms with van der Waals surface area (Å²) >= 11 is 0. The van der Waals surface area contributed by atoms with Gasteiger partial charge in [0, 0.05) is 41.3 Å². The molecule has 0 aliphatic rings. The predicted octanol–water partition coefficient (Wildman–Crippen LogP) is 4.46. The number of nitrogens with one attached hydrogen (secondary N) is 2. The zero-order valence-corrected chi connectivity index (χ0v) is 18.2. The third-order valence-electron chi connectivity index (χ3n) is 5.07. The van der Waals surface area contributed by atoms with Gasteiger partial charge in [-0.15, -0.1) is 0 Å². The summed E-state index contributed by atoms with van der Waals surface area (Å²) in [6.45, 7) is 1.96. The Balaban J connectivity index is 1.39. The van der Waals surface area contributed by atoms with Crippen molar-refractivity contribution < 1.29 is 14.4 Å². The molecule has 0 spiro atoms. The Labute approximate surface area is 191 Å². The van der Waals surface area contributed by atoms with Crippen LogP contribution >= 0.6 is 0 Å². The van der Waals surface area contributed by atoms with Crippen LogP contribution in [0.1, 0.15) is 42.3 Å². The van der Waals surface area contributed by atoms with Gasteiger partial charge in [-0.05, 0) is 73.7 Å². The third kappa shape index (κ3) is 5.22. The fourth-order valence-electron chi connectivity index (χ4n) is 3.22. The zero-order valence-electron chi connectivity index (χ0n) is 18.2. The molecule has 1 aromatic heterocycles. The molecule has 0 atom stereocenters. The molecule has 164 valence electrons. The Morgan fingerprint density at radius 2 is 1.15 bits per heavy atom. The van der Waals surface area contributed by atoms with Crippen LogP contribution in [-0.4, -0.2) is 27.4 Å². The van der Waals surface area contributed by atoms with E-state index < -0.39 is 0 Å². The Morgan fingerprint density at radius 3 is 1.64 bits per heavy atom. The van der Waals surface area contributed by atoms with Gasteiger partial charge in [-0.3, -0.25) is 19.1 Å². The molecule has 7 nitrogen and oxygen atoms in total. The van der Waals surface area contributed by atoms with Crippen LogP contribution in [0, 0.1) is 6.92 Å². The lowest BCUT2D eigenvalue weighted by Crippen LogP contribution is -2.13. The quantitative estimate of drug-likeness (QED) is 0.435. The molecule has 7 heteroatoms. The number of ketones is 1. The number of amides is 2. The summed E-state index contributed by atoms with van der Waals surface area (Å²) in [6, 6.07) is 22.3. The average molecular weight is 438 g/mol. The summed E-state index contributed by atoms with van der Waals surface area (Å²) < 4.78 is 1.55. The van der Waals surface area contributed by atoms with Crippen LogP contribution in [0.3, 0.4) is 0 Å². The monoisotopic (exact) mass is 438 g/mol. The number of benzene rings is 3. The van der Waals surface area contributed by atoms with Crippen LogP contribution in [0.15, 0.2) is 85.1 Å². The lowest BCUT2D eigenvalue weighted by molar-refractivity contribution is 0.101. The highest BCUT2D eigenvalue weighted by Crippen LogP contribution is 2.17. The largest absolute Gasteiger partial charge is 0.322 e. The van der Waals surface area contributed by atoms with Gasteiger partial charge in [0.25, 0.3) is 11.8 Å². The minimum absolute atomic E-state index is 0.158. The van der Waals surface area contributed by atoms with E-state index in [9.17, 15) is 14.4 Å². The van der Waals surface area contributed by atoms with Gasteiger partial charge < -0.3 is 10.6 Å². The number of hydrogen-bond acceptors (Lipinski definition) is 4. The molecule has 0 bridgehead atoms. The van der Waals surface area contributed by atoms with Crippen LogP contribution in [0.25, 0.3) is 0 Å². The molecule has 0 saturated carbocycles. The van der Waals surface area contributed by atoms with Crippen LogP contribution in [0.4, 0.5) is 11.4 Å². The van der Waals surface area contributed by atoms with Crippen molar-refractivity contribution in [2.45, 2.75) is 6.92 Å². The number of hydrogen-bond donors (Lipinski definition) is 2. The van der Waals surface area contributed by atoms with Gasteiger partial charge in [-0.2, -0.15) is 5.10 Å². The SMILES string of the molecule is Cc1ccc(C(=O)Nc2ccc(C(=O)c3ccc(NC(=O)c4ccn(C)n4)cc3)cc2)cc1. The number of carbonyl (C=O) groups is 3. The van der Waals surface area contributed by atoms with E-state index in [4.69, 9.17) is 0 Å². The van der Waals surface area contributed by atoms with Crippen molar-refractivity contribution in [3.8, 4) is 0 Å². The van der Waals surface area contributed by atoms with Gasteiger partial charge in [-0.1, -0.05) is 17.7 Å². The molecular formula is C26H22N4O3. The van der Waals surface area contributed by atoms with Gasteiger partial charge in [-0.25, -0.2) is 0 Å². The van der Waals surface area contributed by atoms with Crippen LogP contribution < -0.4 is 10.6 Å². The molecule has 2 amide bonds. The van der Waals surface area contributed by atoms with E-state index >= 15 is 0 Å². The minimum Gasteiger partial charge on any atom is -0.322 e. The predicted molar refractivity (Wildman–Crippen MR) is 127 cm³/mol. The van der Waals surface area contributed by atoms with E-state index in [-0.39, 0.29) is 17.6 Å². The standard InChI is InChI=1S/C26H22N4O3/c1-17-3-5-20(6-4-17)25(32)27-21-11-7-18(8-12-21)24(31)19-9-13-22(14-10-19)28-26(33)23-15-16-30(2)29-23/h3-16H,1-2H3,(H,27,32)(H,28,33). The third-order valence-corrected chi connectivity index (χ3v) is 5.07. The molecule has 0 aliphatic heterocycles. The molecule has 0 fully saturated rings. The summed E-state index contributed by atoms with van der Waals surface area (Å²) in [5, 5.41) is 9.64. The first-order valence-electron chi connectivity index (χ1n) is 10.3. The molecule has 1 heterocycles. The van der Waals surface area contributed by atoms with E-state index in [0.29, 0.717) is 33.8 Å². The molecule has 0 radical (unpaired) electrons. The zero-order chi connectivity index (χ0) is 23.4. The van der Waals surface area contributed by atoms with Crippen molar-refractivity contribution in [2.75, 3.05) is 10.6 Å². The molecule has 33 heavy (non-hydrogen) atoms. The van der Waals surface area contributed by atoms with Gasteiger partial charge in [0.1, 0.15) is 0 Å². The second-order valence-electron chi connectivity index (χ2n) is 7.63. The number of aryl methyl sites for hydroxylation is 2. The fourth-order valence-corrected chi connectivity index (χ4v) is 3.22. The number of anilines is 2. The lowest BCUT2D eigenvalue weighted by atomic mass is 10.0. The Hall–Kier alpha value is -4.52. The molecular weight excluding hydrogens is 416 g/mol. The van der Waals surface area contributed by atoms with E-state index in [1.54, 1.807) is 84.7 Å². The molecule has 4 rings (SSSR count). The topological polar surface area (TPSA) is 93.1 Å². The summed E-state index contributed by atoms with van der Waals surface area (Å²) in [5.41, 5.74) is 4.11. The number of aromatic nitrogens is 2. The van der Waals surface area contributed by atoms with E-state index in [1.807, 2.05) is 19.1 Å². The Bertz CT molecular complexity index is 1310. The van der Waals surface area contributed by atoms with Crippen LogP contribution in [0.2, 0.25) is 0 Å². The fraction of sp³-hybridized carbons (Fsp3) is 0.0769. The van der Waals surface area contributed by atoms with Crippen LogP contribution in [-0.2, 0) is 7.05 Å². The summed E-state index contributed by atoms with van der Waals surface area (Å²) in [7, 11) is 1.74. The van der Waals surface area contributed by atoms with Gasteiger partial charge in [0.15, 0.2) is 11.5 Å². The average Bonchev–Trinajstić information content (AvgIpc) is 3.26. The van der Waals surface area contributed by atoms with Crippen molar-refractivity contribution in [3.63, 3.8) is 0 Å². The Kier molecular flexibility index (Phi) is 6.13. The first-order chi connectivity index (χ1) is 15.9. The maximum Gasteiger partial charge on any atom is 0.276 e. The molecule has 4 aromatic rings. The number of nitrogens with zero attached hydrogens (tertiary/aromatic N) is 2. The van der Waals surface area contributed by atoms with Crippen molar-refractivity contribution >= 4 is 29.0 Å². The highest BCUT2D eigenvalue weighted by atomic mass is 16.2. The smallest absolute Gasteiger partial charge is 0.276 e. The molecule has 3 aromatic carbocycles. The summed E-state index contributed by atoms with van der Waals surface area (Å²) in [4.78, 5) is 37.4. The van der Waals surface area contributed by atoms with Crippen molar-refractivity contribution in [2.24, 2.45) is 7.05 Å². The van der Waals surface area contributed by atoms with Crippen LogP contribution in [0.5, 0.6) is 0 Å². The second kappa shape index (κ2) is 9.32. The maximum atomic E-state index is 12.8. The molecule has 0 unspecified atom stereocenters. The first-order valence-corrected chi connectivity index (χ1v) is 10.3. The highest BCUT2D eigenvalue weighted by Gasteiger charge is 2.12. The van der Waals surface area contributed by atoms with E-state index in [1.165, 1.54) is 0 Å². The minimum atomic E-state index is -0.321. The van der Waals surface area contributed by atoms with Crippen molar-refractivity contribution in [1.29, 1.82) is 0 Å². The van der Waals surface area contributed by atoms with E-state index in [2.05, 4.69) is 15.7 Å².